The van der Waals surface area contributed by atoms with Gasteiger partial charge in [0.15, 0.2) is 12.0 Å². The minimum absolute atomic E-state index is 0.0607. The zero-order valence-corrected chi connectivity index (χ0v) is 11.4. The molecule has 0 fully saturated rings. The highest BCUT2D eigenvalue weighted by Crippen LogP contribution is 2.28. The highest BCUT2D eigenvalue weighted by atomic mass is 16.7. The average molecular weight is 269 g/mol. The first kappa shape index (κ1) is 13.8. The maximum atomic E-state index is 11.7. The summed E-state index contributed by atoms with van der Waals surface area (Å²) in [5.41, 5.74) is 0.294. The van der Waals surface area contributed by atoms with Crippen LogP contribution in [-0.4, -0.2) is 49.4 Å². The van der Waals surface area contributed by atoms with Crippen LogP contribution in [0.2, 0.25) is 0 Å². The molecule has 0 amide bonds. The van der Waals surface area contributed by atoms with E-state index in [1.54, 1.807) is 31.9 Å². The predicted octanol–water partition coefficient (Wildman–Crippen LogP) is 1.04. The van der Waals surface area contributed by atoms with Crippen molar-refractivity contribution >= 4 is 11.8 Å². The Morgan fingerprint density at radius 2 is 2.32 bits per heavy atom. The molecule has 1 aliphatic rings. The van der Waals surface area contributed by atoms with Gasteiger partial charge in [0, 0.05) is 26.8 Å². The summed E-state index contributed by atoms with van der Waals surface area (Å²) in [6, 6.07) is 1.63. The fraction of sp³-hybridized carbons (Fsp3) is 0.667. The molecule has 1 aromatic rings. The van der Waals surface area contributed by atoms with Crippen LogP contribution in [0, 0.1) is 0 Å². The Morgan fingerprint density at radius 1 is 1.58 bits per heavy atom. The van der Waals surface area contributed by atoms with Crippen molar-refractivity contribution in [3.8, 4) is 0 Å². The number of carbonyl (C=O) groups is 1. The largest absolute Gasteiger partial charge is 0.461 e. The van der Waals surface area contributed by atoms with Crippen LogP contribution >= 0.6 is 0 Å². The zero-order chi connectivity index (χ0) is 13.8. The van der Waals surface area contributed by atoms with Crippen LogP contribution in [0.4, 0.5) is 5.82 Å². The quantitative estimate of drug-likeness (QED) is 0.636. The van der Waals surface area contributed by atoms with Gasteiger partial charge in [-0.3, -0.25) is 0 Å². The van der Waals surface area contributed by atoms with Gasteiger partial charge in [0.1, 0.15) is 11.9 Å². The number of anilines is 1. The topological polar surface area (TPSA) is 74.6 Å². The van der Waals surface area contributed by atoms with Gasteiger partial charge in [-0.2, -0.15) is 5.10 Å². The maximum absolute atomic E-state index is 11.7. The van der Waals surface area contributed by atoms with Gasteiger partial charge >= 0.3 is 5.97 Å². The Hall–Kier alpha value is -1.60. The predicted molar refractivity (Wildman–Crippen MR) is 68.1 cm³/mol. The number of fused-ring (bicyclic) bond motifs is 1. The number of hydrogen-bond acceptors (Lipinski definition) is 6. The van der Waals surface area contributed by atoms with E-state index < -0.39 is 12.3 Å². The van der Waals surface area contributed by atoms with E-state index in [1.807, 2.05) is 0 Å². The third kappa shape index (κ3) is 2.71. The minimum Gasteiger partial charge on any atom is -0.461 e. The lowest BCUT2D eigenvalue weighted by atomic mass is 10.1. The molecule has 1 unspecified atom stereocenters. The van der Waals surface area contributed by atoms with E-state index in [4.69, 9.17) is 14.2 Å². The molecule has 0 saturated heterocycles. The van der Waals surface area contributed by atoms with Crippen LogP contribution in [0.1, 0.15) is 29.9 Å². The molecule has 0 aliphatic carbocycles. The summed E-state index contributed by atoms with van der Waals surface area (Å²) in [4.78, 5) is 11.7. The second-order valence-electron chi connectivity index (χ2n) is 4.20. The number of hydrogen-bond donors (Lipinski definition) is 1. The Morgan fingerprint density at radius 3 is 2.95 bits per heavy atom. The third-order valence-corrected chi connectivity index (χ3v) is 3.06. The number of esters is 1. The summed E-state index contributed by atoms with van der Waals surface area (Å²) in [7, 11) is 3.18. The minimum atomic E-state index is -0.420. The molecule has 0 saturated carbocycles. The van der Waals surface area contributed by atoms with E-state index in [2.05, 4.69) is 10.4 Å². The van der Waals surface area contributed by atoms with Gasteiger partial charge in [-0.15, -0.1) is 0 Å². The van der Waals surface area contributed by atoms with Gasteiger partial charge in [-0.1, -0.05) is 0 Å². The van der Waals surface area contributed by atoms with Crippen molar-refractivity contribution in [1.29, 1.82) is 0 Å². The molecule has 19 heavy (non-hydrogen) atoms. The van der Waals surface area contributed by atoms with Gasteiger partial charge in [-0.25, -0.2) is 9.48 Å². The molecule has 1 N–H and O–H groups in total. The van der Waals surface area contributed by atoms with Crippen LogP contribution in [0.3, 0.4) is 0 Å². The smallest absolute Gasteiger partial charge is 0.358 e. The maximum Gasteiger partial charge on any atom is 0.358 e. The fourth-order valence-electron chi connectivity index (χ4n) is 2.22. The van der Waals surface area contributed by atoms with Crippen molar-refractivity contribution in [2.24, 2.45) is 0 Å². The average Bonchev–Trinajstić information content (AvgIpc) is 2.85. The Balaban J connectivity index is 2.26. The normalized spacial score (nSPS) is 18.0. The number of nitrogens with zero attached hydrogens (tertiary/aromatic N) is 2. The number of carbonyl (C=O) groups excluding carboxylic acids is 1. The summed E-state index contributed by atoms with van der Waals surface area (Å²) in [6.07, 6.45) is 0.416. The van der Waals surface area contributed by atoms with Crippen LogP contribution in [0.15, 0.2) is 6.07 Å². The second-order valence-corrected chi connectivity index (χ2v) is 4.20. The lowest BCUT2D eigenvalue weighted by Gasteiger charge is -2.30. The summed E-state index contributed by atoms with van der Waals surface area (Å²) < 4.78 is 17.3. The number of ether oxygens (including phenoxy) is 3. The number of aromatic nitrogens is 2. The molecule has 2 rings (SSSR count). The second kappa shape index (κ2) is 6.03. The molecule has 1 atom stereocenters. The molecule has 1 aromatic heterocycles. The number of nitrogens with one attached hydrogen (secondary N) is 1. The van der Waals surface area contributed by atoms with Crippen molar-refractivity contribution in [1.82, 2.24) is 9.78 Å². The summed E-state index contributed by atoms with van der Waals surface area (Å²) in [5.74, 6) is 0.356. The highest BCUT2D eigenvalue weighted by molar-refractivity contribution is 5.88. The van der Waals surface area contributed by atoms with Gasteiger partial charge in [0.25, 0.3) is 0 Å². The van der Waals surface area contributed by atoms with Crippen LogP contribution in [0.5, 0.6) is 0 Å². The number of methoxy groups -OCH3 is 2. The first-order chi connectivity index (χ1) is 9.21. The molecule has 0 spiro atoms. The van der Waals surface area contributed by atoms with E-state index in [0.717, 1.165) is 18.8 Å². The van der Waals surface area contributed by atoms with Crippen LogP contribution < -0.4 is 5.32 Å². The fourth-order valence-corrected chi connectivity index (χ4v) is 2.22. The SMILES string of the molecule is CCOC(=O)c1cc2n(n1)C(C(OC)OC)CCN2. The molecule has 1 aliphatic heterocycles. The lowest BCUT2D eigenvalue weighted by molar-refractivity contribution is -0.135. The van der Waals surface area contributed by atoms with Crippen molar-refractivity contribution in [2.75, 3.05) is 32.7 Å². The Labute approximate surface area is 111 Å². The molecule has 7 nitrogen and oxygen atoms in total. The van der Waals surface area contributed by atoms with E-state index in [-0.39, 0.29) is 6.04 Å². The van der Waals surface area contributed by atoms with Crippen LogP contribution in [-0.2, 0) is 14.2 Å². The van der Waals surface area contributed by atoms with Crippen molar-refractivity contribution in [2.45, 2.75) is 25.7 Å². The highest BCUT2D eigenvalue weighted by Gasteiger charge is 2.30. The summed E-state index contributed by atoms with van der Waals surface area (Å²) in [6.45, 7) is 2.87. The van der Waals surface area contributed by atoms with Crippen molar-refractivity contribution in [3.63, 3.8) is 0 Å². The van der Waals surface area contributed by atoms with E-state index >= 15 is 0 Å². The van der Waals surface area contributed by atoms with Gasteiger partial charge in [0.2, 0.25) is 0 Å². The van der Waals surface area contributed by atoms with E-state index in [9.17, 15) is 4.79 Å². The van der Waals surface area contributed by atoms with Crippen molar-refractivity contribution in [3.05, 3.63) is 11.8 Å². The van der Waals surface area contributed by atoms with Gasteiger partial charge in [0.05, 0.1) is 6.61 Å². The Kier molecular flexibility index (Phi) is 4.39. The molecule has 7 heteroatoms. The van der Waals surface area contributed by atoms with Gasteiger partial charge < -0.3 is 19.5 Å². The van der Waals surface area contributed by atoms with E-state index in [1.165, 1.54) is 0 Å². The monoisotopic (exact) mass is 269 g/mol. The molecule has 0 aromatic carbocycles. The molecule has 106 valence electrons. The zero-order valence-electron chi connectivity index (χ0n) is 11.4. The first-order valence-corrected chi connectivity index (χ1v) is 6.27. The lowest BCUT2D eigenvalue weighted by Crippen LogP contribution is -2.34. The summed E-state index contributed by atoms with van der Waals surface area (Å²) in [5, 5.41) is 7.48. The summed E-state index contributed by atoms with van der Waals surface area (Å²) >= 11 is 0. The van der Waals surface area contributed by atoms with Crippen molar-refractivity contribution < 1.29 is 19.0 Å². The molecule has 2 heterocycles. The van der Waals surface area contributed by atoms with E-state index in [0.29, 0.717) is 12.3 Å². The number of rotatable bonds is 5. The Bertz CT molecular complexity index is 442. The molecular formula is C12H19N3O4. The van der Waals surface area contributed by atoms with Gasteiger partial charge in [-0.05, 0) is 13.3 Å². The first-order valence-electron chi connectivity index (χ1n) is 6.27. The molecular weight excluding hydrogens is 250 g/mol. The molecule has 0 bridgehead atoms. The third-order valence-electron chi connectivity index (χ3n) is 3.06. The molecule has 0 radical (unpaired) electrons. The van der Waals surface area contributed by atoms with Crippen LogP contribution in [0.25, 0.3) is 0 Å². The standard InChI is InChI=1S/C12H19N3O4/c1-4-19-11(16)8-7-10-13-6-5-9(15(10)14-8)12(17-2)18-3/h7,9,12-13H,4-6H2,1-3H3.